The number of carbonyl (C=O) groups is 2. The summed E-state index contributed by atoms with van der Waals surface area (Å²) in [5.74, 6) is -0.758. The van der Waals surface area contributed by atoms with Crippen LogP contribution in [-0.4, -0.2) is 35.8 Å². The number of esters is 1. The predicted molar refractivity (Wildman–Crippen MR) is 81.9 cm³/mol. The lowest BCUT2D eigenvalue weighted by molar-refractivity contribution is -0.157. The van der Waals surface area contributed by atoms with Crippen LogP contribution in [0.3, 0.4) is 0 Å². The summed E-state index contributed by atoms with van der Waals surface area (Å²) in [4.78, 5) is 24.2. The third-order valence-electron chi connectivity index (χ3n) is 2.04. The van der Waals surface area contributed by atoms with Gasteiger partial charge in [0.05, 0.1) is 0 Å². The predicted octanol–water partition coefficient (Wildman–Crippen LogP) is 2.35. The molecule has 124 valence electrons. The summed E-state index contributed by atoms with van der Waals surface area (Å²) in [7, 11) is 0. The van der Waals surface area contributed by atoms with E-state index in [4.69, 9.17) is 20.7 Å². The van der Waals surface area contributed by atoms with Gasteiger partial charge in [0, 0.05) is 5.48 Å². The minimum absolute atomic E-state index is 0.197. The average Bonchev–Trinajstić information content (AvgIpc) is 2.28. The van der Waals surface area contributed by atoms with Crippen LogP contribution >= 0.6 is 0 Å². The van der Waals surface area contributed by atoms with Gasteiger partial charge >= 0.3 is 12.1 Å². The van der Waals surface area contributed by atoms with Crippen LogP contribution in [0, 0.1) is 0 Å². The van der Waals surface area contributed by atoms with E-state index in [1.165, 1.54) is 0 Å². The maximum absolute atomic E-state index is 12.3. The zero-order valence-electron chi connectivity index (χ0n) is 17.7. The van der Waals surface area contributed by atoms with Gasteiger partial charge in [-0.1, -0.05) is 0 Å². The second kappa shape index (κ2) is 8.22. The second-order valence-electron chi connectivity index (χ2n) is 6.59. The Morgan fingerprint density at radius 2 is 1.67 bits per heavy atom. The summed E-state index contributed by atoms with van der Waals surface area (Å²) in [5.41, 5.74) is 3.62. The summed E-state index contributed by atoms with van der Waals surface area (Å²) in [6.45, 7) is 7.38. The van der Waals surface area contributed by atoms with E-state index < -0.39 is 48.6 Å². The van der Waals surface area contributed by atoms with Crippen molar-refractivity contribution in [3.05, 3.63) is 0 Å². The highest BCUT2D eigenvalue weighted by atomic mass is 16.6. The number of nitrogens with two attached hydrogens (primary N) is 1. The van der Waals surface area contributed by atoms with Gasteiger partial charge in [-0.15, -0.1) is 0 Å². The van der Waals surface area contributed by atoms with Crippen molar-refractivity contribution >= 4 is 12.1 Å². The Morgan fingerprint density at radius 3 is 2.10 bits per heavy atom. The van der Waals surface area contributed by atoms with Crippen LogP contribution in [0.1, 0.15) is 66.2 Å². The van der Waals surface area contributed by atoms with E-state index in [-0.39, 0.29) is 6.42 Å². The number of hydrogen-bond donors (Lipinski definition) is 2. The normalized spacial score (nSPS) is 17.7. The highest BCUT2D eigenvalue weighted by Gasteiger charge is 2.28. The fraction of sp³-hybridized carbons (Fsp3) is 0.867. The quantitative estimate of drug-likeness (QED) is 0.735. The highest BCUT2D eigenvalue weighted by molar-refractivity contribution is 5.81. The Balaban J connectivity index is 5.15. The van der Waals surface area contributed by atoms with Crippen molar-refractivity contribution in [2.75, 3.05) is 6.50 Å². The van der Waals surface area contributed by atoms with Crippen LogP contribution in [0.4, 0.5) is 4.79 Å². The van der Waals surface area contributed by atoms with Crippen LogP contribution in [0.5, 0.6) is 0 Å². The number of nitrogens with one attached hydrogen (secondary N) is 1. The molecule has 0 rings (SSSR count). The second-order valence-corrected chi connectivity index (χ2v) is 6.59. The number of carbonyl (C=O) groups excluding carboxylic acids is 2. The van der Waals surface area contributed by atoms with Gasteiger partial charge < -0.3 is 20.5 Å². The fourth-order valence-electron chi connectivity index (χ4n) is 1.36. The first kappa shape index (κ1) is 13.4. The summed E-state index contributed by atoms with van der Waals surface area (Å²) in [6.07, 6.45) is -3.82. The molecular weight excluding hydrogens is 272 g/mol. The van der Waals surface area contributed by atoms with Crippen molar-refractivity contribution in [3.63, 3.8) is 0 Å². The first-order valence-electron chi connectivity index (χ1n) is 8.85. The van der Waals surface area contributed by atoms with Crippen LogP contribution < -0.4 is 11.1 Å². The monoisotopic (exact) mass is 306 g/mol. The van der Waals surface area contributed by atoms with Crippen LogP contribution in [0.25, 0.3) is 0 Å². The first-order valence-corrected chi connectivity index (χ1v) is 6.85. The van der Waals surface area contributed by atoms with Gasteiger partial charge in [0.2, 0.25) is 0 Å². The van der Waals surface area contributed by atoms with Gasteiger partial charge in [0.15, 0.2) is 0 Å². The van der Waals surface area contributed by atoms with E-state index in [0.29, 0.717) is 0 Å². The standard InChI is InChI=1S/C15H30N2O4/c1-14(2,3)20-12(18)11(9-7-8-10-16)17-13(19)21-15(4,5)6/h11H,7-10,16H2,1-6H3,(H,17,19)/t11-/m0/s1/i8D2,10D2. The summed E-state index contributed by atoms with van der Waals surface area (Å²) < 4.78 is 40.4. The number of ether oxygens (including phenoxy) is 2. The van der Waals surface area contributed by atoms with Crippen molar-refractivity contribution in [3.8, 4) is 0 Å². The maximum atomic E-state index is 12.3. The summed E-state index contributed by atoms with van der Waals surface area (Å²) in [6, 6.07) is -1.19. The molecule has 0 bridgehead atoms. The third-order valence-corrected chi connectivity index (χ3v) is 2.04. The van der Waals surface area contributed by atoms with Crippen LogP contribution in [-0.2, 0) is 14.3 Å². The Bertz CT molecular complexity index is 479. The number of rotatable bonds is 6. The minimum Gasteiger partial charge on any atom is -0.458 e. The van der Waals surface area contributed by atoms with Crippen molar-refractivity contribution in [2.24, 2.45) is 5.73 Å². The zero-order chi connectivity index (χ0) is 20.3. The van der Waals surface area contributed by atoms with Gasteiger partial charge in [0.1, 0.15) is 17.2 Å². The smallest absolute Gasteiger partial charge is 0.408 e. The van der Waals surface area contributed by atoms with Gasteiger partial charge in [0.25, 0.3) is 0 Å². The topological polar surface area (TPSA) is 90.6 Å². The fourth-order valence-corrected chi connectivity index (χ4v) is 1.36. The lowest BCUT2D eigenvalue weighted by Gasteiger charge is -2.26. The molecule has 0 aliphatic heterocycles. The Labute approximate surface area is 133 Å². The molecule has 1 atom stereocenters. The average molecular weight is 306 g/mol. The summed E-state index contributed by atoms with van der Waals surface area (Å²) >= 11 is 0. The van der Waals surface area contributed by atoms with Crippen molar-refractivity contribution < 1.29 is 24.5 Å². The van der Waals surface area contributed by atoms with Crippen molar-refractivity contribution in [1.29, 1.82) is 0 Å². The Morgan fingerprint density at radius 1 is 1.14 bits per heavy atom. The molecule has 3 N–H and O–H groups in total. The minimum atomic E-state index is -2.59. The van der Waals surface area contributed by atoms with Gasteiger partial charge in [-0.3, -0.25) is 0 Å². The van der Waals surface area contributed by atoms with Gasteiger partial charge in [-0.25, -0.2) is 9.59 Å². The van der Waals surface area contributed by atoms with E-state index >= 15 is 0 Å². The molecule has 6 nitrogen and oxygen atoms in total. The molecule has 0 aromatic carbocycles. The van der Waals surface area contributed by atoms with E-state index in [1.807, 2.05) is 0 Å². The molecule has 0 aliphatic carbocycles. The molecule has 0 aromatic rings. The van der Waals surface area contributed by atoms with Crippen molar-refractivity contribution in [2.45, 2.75) is 78.0 Å². The lowest BCUT2D eigenvalue weighted by Crippen LogP contribution is -2.46. The van der Waals surface area contributed by atoms with E-state index in [1.54, 1.807) is 41.5 Å². The number of alkyl carbamates (subject to hydrolysis) is 1. The van der Waals surface area contributed by atoms with Crippen LogP contribution in [0.2, 0.25) is 0 Å². The third kappa shape index (κ3) is 11.1. The first-order chi connectivity index (χ1) is 10.8. The molecule has 0 saturated carbocycles. The molecule has 0 aliphatic rings. The molecule has 21 heavy (non-hydrogen) atoms. The molecule has 6 heteroatoms. The number of hydrogen-bond acceptors (Lipinski definition) is 5. The molecule has 0 heterocycles. The molecule has 0 radical (unpaired) electrons. The van der Waals surface area contributed by atoms with Gasteiger partial charge in [-0.05, 0) is 67.3 Å². The SMILES string of the molecule is [2H]C([2H])(N)C([2H])([2H])CC[C@H](NC(=O)OC(C)(C)C)C(=O)OC(C)(C)C. The molecule has 0 aromatic heterocycles. The highest BCUT2D eigenvalue weighted by Crippen LogP contribution is 2.13. The molecule has 0 saturated heterocycles. The largest absolute Gasteiger partial charge is 0.458 e. The van der Waals surface area contributed by atoms with E-state index in [9.17, 15) is 9.59 Å². The molecule has 0 fully saturated rings. The van der Waals surface area contributed by atoms with Crippen LogP contribution in [0.15, 0.2) is 0 Å². The zero-order valence-corrected chi connectivity index (χ0v) is 13.7. The number of amides is 1. The maximum Gasteiger partial charge on any atom is 0.408 e. The molecule has 1 amide bonds. The molecule has 0 spiro atoms. The summed E-state index contributed by atoms with van der Waals surface area (Å²) in [5, 5.41) is 2.35. The Kier molecular flexibility index (Phi) is 5.23. The van der Waals surface area contributed by atoms with E-state index in [2.05, 4.69) is 5.32 Å². The van der Waals surface area contributed by atoms with Crippen molar-refractivity contribution in [1.82, 2.24) is 5.32 Å². The lowest BCUT2D eigenvalue weighted by atomic mass is 10.1. The molecule has 0 unspecified atom stereocenters. The Hall–Kier alpha value is -1.30. The van der Waals surface area contributed by atoms with E-state index in [0.717, 1.165) is 0 Å². The van der Waals surface area contributed by atoms with Gasteiger partial charge in [-0.2, -0.15) is 0 Å². The molecular formula is C15H30N2O4.